The van der Waals surface area contributed by atoms with Gasteiger partial charge in [0.15, 0.2) is 0 Å². The highest BCUT2D eigenvalue weighted by molar-refractivity contribution is 5.69. The summed E-state index contributed by atoms with van der Waals surface area (Å²) < 4.78 is 0. The average molecular weight is 447 g/mol. The number of carboxylic acid groups (broad SMARTS) is 2. The molecule has 0 bridgehead atoms. The Kier molecular flexibility index (Phi) is 8.50. The van der Waals surface area contributed by atoms with E-state index in [0.29, 0.717) is 33.6 Å². The molecule has 0 saturated carbocycles. The molecule has 2 heterocycles. The third-order valence-electron chi connectivity index (χ3n) is 5.31. The Hall–Kier alpha value is -3.24. The van der Waals surface area contributed by atoms with Gasteiger partial charge in [-0.25, -0.2) is 0 Å². The van der Waals surface area contributed by atoms with Gasteiger partial charge in [0.2, 0.25) is 0 Å². The van der Waals surface area contributed by atoms with Crippen molar-refractivity contribution in [3.05, 3.63) is 46.0 Å². The van der Waals surface area contributed by atoms with Gasteiger partial charge in [-0.2, -0.15) is 0 Å². The highest BCUT2D eigenvalue weighted by Gasteiger charge is 2.24. The highest BCUT2D eigenvalue weighted by atomic mass is 16.4. The molecule has 2 aromatic rings. The topological polar surface area (TPSA) is 165 Å². The van der Waals surface area contributed by atoms with Gasteiger partial charge < -0.3 is 31.1 Å². The summed E-state index contributed by atoms with van der Waals surface area (Å²) in [5.74, 6) is -2.15. The van der Waals surface area contributed by atoms with Crippen molar-refractivity contribution in [2.45, 2.75) is 52.6 Å². The Morgan fingerprint density at radius 2 is 1.12 bits per heavy atom. The maximum atomic E-state index is 11.4. The molecule has 32 heavy (non-hydrogen) atoms. The number of carbonyl (C=O) groups is 2. The molecule has 0 aliphatic rings. The minimum Gasteiger partial charge on any atom is -0.506 e. The molecule has 0 spiro atoms. The lowest BCUT2D eigenvalue weighted by Crippen LogP contribution is -2.34. The van der Waals surface area contributed by atoms with Gasteiger partial charge in [0.25, 0.3) is 0 Å². The summed E-state index contributed by atoms with van der Waals surface area (Å²) in [4.78, 5) is 31.0. The molecule has 10 heteroatoms. The summed E-state index contributed by atoms with van der Waals surface area (Å²) in [5.41, 5.74) is 3.08. The van der Waals surface area contributed by atoms with Crippen LogP contribution < -0.4 is 10.6 Å². The van der Waals surface area contributed by atoms with Crippen LogP contribution in [0.5, 0.6) is 11.5 Å². The molecule has 0 aliphatic heterocycles. The van der Waals surface area contributed by atoms with Crippen LogP contribution in [0, 0.1) is 27.7 Å². The average Bonchev–Trinajstić information content (AvgIpc) is 2.70. The van der Waals surface area contributed by atoms with E-state index in [1.165, 1.54) is 0 Å². The minimum absolute atomic E-state index is 0.0479. The van der Waals surface area contributed by atoms with Crippen LogP contribution in [0.1, 0.15) is 58.6 Å². The van der Waals surface area contributed by atoms with Gasteiger partial charge in [-0.15, -0.1) is 0 Å². The van der Waals surface area contributed by atoms with Crippen molar-refractivity contribution in [3.63, 3.8) is 0 Å². The predicted octanol–water partition coefficient (Wildman–Crippen LogP) is 2.03. The zero-order valence-corrected chi connectivity index (χ0v) is 18.6. The second-order valence-corrected chi connectivity index (χ2v) is 7.79. The molecule has 0 amide bonds. The largest absolute Gasteiger partial charge is 0.506 e. The summed E-state index contributed by atoms with van der Waals surface area (Å²) in [6.45, 7) is 7.35. The molecule has 2 aromatic heterocycles. The van der Waals surface area contributed by atoms with Crippen molar-refractivity contribution in [1.82, 2.24) is 20.6 Å². The Morgan fingerprint density at radius 1 is 0.781 bits per heavy atom. The summed E-state index contributed by atoms with van der Waals surface area (Å²) >= 11 is 0. The quantitative estimate of drug-likeness (QED) is 0.281. The third-order valence-corrected chi connectivity index (χ3v) is 5.31. The van der Waals surface area contributed by atoms with E-state index in [0.717, 1.165) is 0 Å². The standard InChI is InChI=1S/C22H30N4O6/c1-11-9-25-13(3)21(31)19(11)15(7-17(27)28)23-5-6-24-16(8-18(29)30)20-12(2)10-26-14(4)22(20)32/h9-10,15-16,23-24,31-32H,5-8H2,1-4H3,(H,27,28)(H,29,30). The van der Waals surface area contributed by atoms with Gasteiger partial charge >= 0.3 is 11.9 Å². The molecular formula is C22H30N4O6. The fourth-order valence-electron chi connectivity index (χ4n) is 3.69. The molecule has 2 unspecified atom stereocenters. The number of carboxylic acids is 2. The Bertz CT molecular complexity index is 915. The van der Waals surface area contributed by atoms with Crippen molar-refractivity contribution >= 4 is 11.9 Å². The Morgan fingerprint density at radius 3 is 1.44 bits per heavy atom. The maximum absolute atomic E-state index is 11.4. The molecule has 2 rings (SSSR count). The second-order valence-electron chi connectivity index (χ2n) is 7.79. The van der Waals surface area contributed by atoms with Crippen LogP contribution in [0.25, 0.3) is 0 Å². The summed E-state index contributed by atoms with van der Waals surface area (Å²) in [6.07, 6.45) is 2.67. The number of hydrogen-bond donors (Lipinski definition) is 6. The normalized spacial score (nSPS) is 13.0. The number of hydrogen-bond acceptors (Lipinski definition) is 8. The first-order valence-electron chi connectivity index (χ1n) is 10.2. The van der Waals surface area contributed by atoms with Gasteiger partial charge in [-0.3, -0.25) is 19.6 Å². The summed E-state index contributed by atoms with van der Waals surface area (Å²) in [7, 11) is 0. The van der Waals surface area contributed by atoms with E-state index in [4.69, 9.17) is 0 Å². The first-order chi connectivity index (χ1) is 15.0. The van der Waals surface area contributed by atoms with Crippen LogP contribution in [0.4, 0.5) is 0 Å². The Balaban J connectivity index is 2.16. The molecule has 6 N–H and O–H groups in total. The third kappa shape index (κ3) is 6.14. The molecule has 0 aliphatic carbocycles. The van der Waals surface area contributed by atoms with Crippen molar-refractivity contribution in [2.24, 2.45) is 0 Å². The molecular weight excluding hydrogens is 416 g/mol. The van der Waals surface area contributed by atoms with Gasteiger partial charge in [0, 0.05) is 48.7 Å². The number of nitrogens with one attached hydrogen (secondary N) is 2. The molecule has 10 nitrogen and oxygen atoms in total. The molecule has 2 atom stereocenters. The van der Waals surface area contributed by atoms with Gasteiger partial charge in [0.1, 0.15) is 11.5 Å². The summed E-state index contributed by atoms with van der Waals surface area (Å²) in [6, 6.07) is -1.32. The first kappa shape index (κ1) is 25.0. The van der Waals surface area contributed by atoms with E-state index in [2.05, 4.69) is 20.6 Å². The lowest BCUT2D eigenvalue weighted by Gasteiger charge is -2.24. The molecule has 0 fully saturated rings. The van der Waals surface area contributed by atoms with Crippen molar-refractivity contribution in [1.29, 1.82) is 0 Å². The smallest absolute Gasteiger partial charge is 0.305 e. The van der Waals surface area contributed by atoms with Crippen LogP contribution >= 0.6 is 0 Å². The number of aromatic hydroxyl groups is 2. The van der Waals surface area contributed by atoms with Crippen molar-refractivity contribution in [2.75, 3.05) is 13.1 Å². The number of nitrogens with zero attached hydrogens (tertiary/aromatic N) is 2. The van der Waals surface area contributed by atoms with E-state index < -0.39 is 24.0 Å². The van der Waals surface area contributed by atoms with Crippen LogP contribution in [0.15, 0.2) is 12.4 Å². The maximum Gasteiger partial charge on any atom is 0.305 e. The molecule has 0 aromatic carbocycles. The molecule has 0 saturated heterocycles. The van der Waals surface area contributed by atoms with Gasteiger partial charge in [-0.1, -0.05) is 0 Å². The fourth-order valence-corrected chi connectivity index (χ4v) is 3.69. The van der Waals surface area contributed by atoms with Gasteiger partial charge in [0.05, 0.1) is 24.2 Å². The zero-order chi connectivity index (χ0) is 24.0. The van der Waals surface area contributed by atoms with E-state index in [1.807, 2.05) is 0 Å². The number of rotatable bonds is 11. The zero-order valence-electron chi connectivity index (χ0n) is 18.6. The van der Waals surface area contributed by atoms with Crippen molar-refractivity contribution in [3.8, 4) is 11.5 Å². The molecule has 0 radical (unpaired) electrons. The van der Waals surface area contributed by atoms with E-state index in [9.17, 15) is 30.0 Å². The highest BCUT2D eigenvalue weighted by Crippen LogP contribution is 2.32. The van der Waals surface area contributed by atoms with Crippen LogP contribution in [-0.2, 0) is 9.59 Å². The summed E-state index contributed by atoms with van der Waals surface area (Å²) in [5, 5.41) is 45.8. The fraction of sp³-hybridized carbons (Fsp3) is 0.455. The number of pyridine rings is 2. The number of aromatic nitrogens is 2. The van der Waals surface area contributed by atoms with Crippen molar-refractivity contribution < 1.29 is 30.0 Å². The monoisotopic (exact) mass is 446 g/mol. The molecule has 174 valence electrons. The van der Waals surface area contributed by atoms with Gasteiger partial charge in [-0.05, 0) is 38.8 Å². The second kappa shape index (κ2) is 10.9. The predicted molar refractivity (Wildman–Crippen MR) is 117 cm³/mol. The lowest BCUT2D eigenvalue weighted by molar-refractivity contribution is -0.138. The van der Waals surface area contributed by atoms with E-state index >= 15 is 0 Å². The number of aliphatic carboxylic acids is 2. The van der Waals surface area contributed by atoms with E-state index in [-0.39, 0.29) is 37.4 Å². The number of aryl methyl sites for hydroxylation is 4. The van der Waals surface area contributed by atoms with E-state index in [1.54, 1.807) is 40.1 Å². The first-order valence-corrected chi connectivity index (χ1v) is 10.2. The lowest BCUT2D eigenvalue weighted by atomic mass is 9.97. The SMILES string of the molecule is Cc1cnc(C)c(O)c1C(CC(=O)O)NCCNC(CC(=O)O)c1c(C)cnc(C)c1O. The van der Waals surface area contributed by atoms with Crippen LogP contribution in [0.3, 0.4) is 0 Å². The minimum atomic E-state index is -1.03. The van der Waals surface area contributed by atoms with Crippen LogP contribution in [0.2, 0.25) is 0 Å². The van der Waals surface area contributed by atoms with Crippen LogP contribution in [-0.4, -0.2) is 55.4 Å². The Labute approximate surface area is 186 Å².